The highest BCUT2D eigenvalue weighted by Crippen LogP contribution is 2.29. The van der Waals surface area contributed by atoms with Crippen molar-refractivity contribution >= 4 is 0 Å². The molecule has 0 bridgehead atoms. The van der Waals surface area contributed by atoms with E-state index in [1.54, 1.807) is 6.26 Å². The summed E-state index contributed by atoms with van der Waals surface area (Å²) in [6.45, 7) is 3.11. The van der Waals surface area contributed by atoms with E-state index in [0.29, 0.717) is 6.04 Å². The molecule has 1 aliphatic heterocycles. The summed E-state index contributed by atoms with van der Waals surface area (Å²) < 4.78 is 4.83. The molecule has 1 aromatic rings. The van der Waals surface area contributed by atoms with E-state index in [1.165, 1.54) is 5.56 Å². The fraction of sp³-hybridized carbons (Fsp3) is 0.571. The lowest BCUT2D eigenvalue weighted by Crippen LogP contribution is -2.13. The molecule has 1 atom stereocenters. The maximum absolute atomic E-state index is 4.83. The topological polar surface area (TPSA) is 29.3 Å². The minimum Gasteiger partial charge on any atom is -0.364 e. The monoisotopic (exact) mass is 138 g/mol. The van der Waals surface area contributed by atoms with Crippen molar-refractivity contribution in [2.45, 2.75) is 19.5 Å². The second-order valence-corrected chi connectivity index (χ2v) is 2.82. The first kappa shape index (κ1) is 5.92. The summed E-state index contributed by atoms with van der Waals surface area (Å²) >= 11 is 0. The summed E-state index contributed by atoms with van der Waals surface area (Å²) in [6, 6.07) is 0.425. The van der Waals surface area contributed by atoms with E-state index >= 15 is 0 Å². The molecule has 0 aromatic carbocycles. The van der Waals surface area contributed by atoms with E-state index in [2.05, 4.69) is 24.0 Å². The lowest BCUT2D eigenvalue weighted by Gasteiger charge is -2.12. The van der Waals surface area contributed by atoms with Gasteiger partial charge in [-0.05, 0) is 14.0 Å². The van der Waals surface area contributed by atoms with Gasteiger partial charge in [0.05, 0.1) is 6.04 Å². The van der Waals surface area contributed by atoms with E-state index in [4.69, 9.17) is 4.52 Å². The summed E-state index contributed by atoms with van der Waals surface area (Å²) in [7, 11) is 2.09. The van der Waals surface area contributed by atoms with Crippen LogP contribution in [0, 0.1) is 0 Å². The molecule has 54 valence electrons. The summed E-state index contributed by atoms with van der Waals surface area (Å²) in [6.07, 6.45) is 1.73. The Bertz CT molecular complexity index is 244. The summed E-state index contributed by atoms with van der Waals surface area (Å²) in [5.74, 6) is 0. The molecule has 1 aliphatic rings. The SMILES string of the molecule is CC1c2nocc2CN1C. The summed E-state index contributed by atoms with van der Waals surface area (Å²) in [5, 5.41) is 3.91. The lowest BCUT2D eigenvalue weighted by molar-refractivity contribution is 0.264. The molecule has 0 radical (unpaired) electrons. The molecular weight excluding hydrogens is 128 g/mol. The van der Waals surface area contributed by atoms with Crippen LogP contribution in [0.4, 0.5) is 0 Å². The third-order valence-electron chi connectivity index (χ3n) is 2.15. The van der Waals surface area contributed by atoms with Crippen LogP contribution < -0.4 is 0 Å². The Kier molecular flexibility index (Phi) is 1.08. The number of rotatable bonds is 0. The van der Waals surface area contributed by atoms with Crippen molar-refractivity contribution in [1.82, 2.24) is 10.1 Å². The first-order valence-electron chi connectivity index (χ1n) is 3.42. The molecule has 10 heavy (non-hydrogen) atoms. The molecule has 0 saturated carbocycles. The normalized spacial score (nSPS) is 25.2. The van der Waals surface area contributed by atoms with Gasteiger partial charge in [0.15, 0.2) is 0 Å². The molecular formula is C7H10N2O. The quantitative estimate of drug-likeness (QED) is 0.539. The number of hydrogen-bond acceptors (Lipinski definition) is 3. The highest BCUT2D eigenvalue weighted by Gasteiger charge is 2.26. The third kappa shape index (κ3) is 0.609. The van der Waals surface area contributed by atoms with E-state index in [-0.39, 0.29) is 0 Å². The molecule has 3 heteroatoms. The molecule has 0 fully saturated rings. The van der Waals surface area contributed by atoms with E-state index < -0.39 is 0 Å². The van der Waals surface area contributed by atoms with Crippen LogP contribution in [-0.2, 0) is 6.54 Å². The highest BCUT2D eigenvalue weighted by molar-refractivity contribution is 5.22. The minimum atomic E-state index is 0.425. The summed E-state index contributed by atoms with van der Waals surface area (Å²) in [4.78, 5) is 2.24. The maximum Gasteiger partial charge on any atom is 0.128 e. The average molecular weight is 138 g/mol. The number of fused-ring (bicyclic) bond motifs is 1. The van der Waals surface area contributed by atoms with Gasteiger partial charge in [-0.25, -0.2) is 0 Å². The molecule has 2 rings (SSSR count). The van der Waals surface area contributed by atoms with Crippen LogP contribution in [0.3, 0.4) is 0 Å². The number of hydrogen-bond donors (Lipinski definition) is 0. The zero-order valence-corrected chi connectivity index (χ0v) is 6.16. The van der Waals surface area contributed by atoms with Crippen LogP contribution in [-0.4, -0.2) is 17.1 Å². The second-order valence-electron chi connectivity index (χ2n) is 2.82. The van der Waals surface area contributed by atoms with Gasteiger partial charge in [0.1, 0.15) is 12.0 Å². The van der Waals surface area contributed by atoms with Gasteiger partial charge in [-0.3, -0.25) is 4.90 Å². The van der Waals surface area contributed by atoms with Crippen molar-refractivity contribution in [3.8, 4) is 0 Å². The first-order chi connectivity index (χ1) is 4.79. The Morgan fingerprint density at radius 3 is 3.30 bits per heavy atom. The van der Waals surface area contributed by atoms with Crippen LogP contribution in [0.25, 0.3) is 0 Å². The Hall–Kier alpha value is -0.830. The Morgan fingerprint density at radius 2 is 2.60 bits per heavy atom. The molecule has 1 unspecified atom stereocenters. The van der Waals surface area contributed by atoms with Crippen molar-refractivity contribution in [2.75, 3.05) is 7.05 Å². The molecule has 2 heterocycles. The predicted octanol–water partition coefficient (Wildman–Crippen LogP) is 1.18. The van der Waals surface area contributed by atoms with Gasteiger partial charge in [-0.15, -0.1) is 0 Å². The van der Waals surface area contributed by atoms with Crippen molar-refractivity contribution in [1.29, 1.82) is 0 Å². The maximum atomic E-state index is 4.83. The smallest absolute Gasteiger partial charge is 0.128 e. The molecule has 0 saturated heterocycles. The molecule has 0 spiro atoms. The van der Waals surface area contributed by atoms with E-state index in [0.717, 1.165) is 12.2 Å². The van der Waals surface area contributed by atoms with E-state index in [9.17, 15) is 0 Å². The Morgan fingerprint density at radius 1 is 1.80 bits per heavy atom. The van der Waals surface area contributed by atoms with Crippen molar-refractivity contribution in [3.63, 3.8) is 0 Å². The van der Waals surface area contributed by atoms with Gasteiger partial charge in [-0.2, -0.15) is 0 Å². The van der Waals surface area contributed by atoms with Gasteiger partial charge in [0.25, 0.3) is 0 Å². The predicted molar refractivity (Wildman–Crippen MR) is 36.4 cm³/mol. The number of nitrogens with zero attached hydrogens (tertiary/aromatic N) is 2. The van der Waals surface area contributed by atoms with Crippen molar-refractivity contribution in [3.05, 3.63) is 17.5 Å². The zero-order chi connectivity index (χ0) is 7.14. The average Bonchev–Trinajstić information content (AvgIpc) is 2.41. The fourth-order valence-corrected chi connectivity index (χ4v) is 1.34. The highest BCUT2D eigenvalue weighted by atomic mass is 16.5. The molecule has 0 aliphatic carbocycles. The van der Waals surface area contributed by atoms with Gasteiger partial charge < -0.3 is 4.52 Å². The van der Waals surface area contributed by atoms with Crippen LogP contribution in [0.15, 0.2) is 10.8 Å². The zero-order valence-electron chi connectivity index (χ0n) is 6.16. The van der Waals surface area contributed by atoms with Crippen molar-refractivity contribution in [2.24, 2.45) is 0 Å². The van der Waals surface area contributed by atoms with Crippen molar-refractivity contribution < 1.29 is 4.52 Å². The standard InChI is InChI=1S/C7H10N2O/c1-5-7-6(3-9(5)2)4-10-8-7/h4-5H,3H2,1-2H3. The molecule has 3 nitrogen and oxygen atoms in total. The Labute approximate surface area is 59.6 Å². The lowest BCUT2D eigenvalue weighted by atomic mass is 10.2. The third-order valence-corrected chi connectivity index (χ3v) is 2.15. The molecule has 1 aromatic heterocycles. The largest absolute Gasteiger partial charge is 0.364 e. The number of aromatic nitrogens is 1. The van der Waals surface area contributed by atoms with Crippen LogP contribution >= 0.6 is 0 Å². The van der Waals surface area contributed by atoms with Crippen LogP contribution in [0.1, 0.15) is 24.2 Å². The molecule has 0 N–H and O–H groups in total. The van der Waals surface area contributed by atoms with Crippen LogP contribution in [0.5, 0.6) is 0 Å². The van der Waals surface area contributed by atoms with Crippen LogP contribution in [0.2, 0.25) is 0 Å². The second kappa shape index (κ2) is 1.83. The van der Waals surface area contributed by atoms with Gasteiger partial charge in [0, 0.05) is 12.1 Å². The van der Waals surface area contributed by atoms with E-state index in [1.807, 2.05) is 0 Å². The first-order valence-corrected chi connectivity index (χ1v) is 3.42. The molecule has 0 amide bonds. The summed E-state index contributed by atoms with van der Waals surface area (Å²) in [5.41, 5.74) is 2.33. The van der Waals surface area contributed by atoms with Gasteiger partial charge in [0.2, 0.25) is 0 Å². The fourth-order valence-electron chi connectivity index (χ4n) is 1.34. The Balaban J connectivity index is 2.43. The van der Waals surface area contributed by atoms with Gasteiger partial charge >= 0.3 is 0 Å². The minimum absolute atomic E-state index is 0.425. The van der Waals surface area contributed by atoms with Gasteiger partial charge in [-0.1, -0.05) is 5.16 Å².